The average Bonchev–Trinajstić information content (AvgIpc) is 3.55. The van der Waals surface area contributed by atoms with Crippen LogP contribution >= 0.6 is 12.6 Å². The Bertz CT molecular complexity index is 1530. The highest BCUT2D eigenvalue weighted by Crippen LogP contribution is 2.21. The van der Waals surface area contributed by atoms with Gasteiger partial charge >= 0.3 is 5.97 Å². The summed E-state index contributed by atoms with van der Waals surface area (Å²) in [5, 5.41) is 18.9. The summed E-state index contributed by atoms with van der Waals surface area (Å²) >= 11 is 4.08. The lowest BCUT2D eigenvalue weighted by molar-refractivity contribution is -0.141. The van der Waals surface area contributed by atoms with E-state index in [4.69, 9.17) is 5.73 Å². The van der Waals surface area contributed by atoms with E-state index in [0.717, 1.165) is 32.9 Å². The Kier molecular flexibility index (Phi) is 9.12. The summed E-state index contributed by atoms with van der Waals surface area (Å²) in [5.74, 6) is -2.99. The van der Waals surface area contributed by atoms with Gasteiger partial charge in [0.05, 0.1) is 6.04 Å². The number of carbonyl (C=O) groups is 4. The van der Waals surface area contributed by atoms with Gasteiger partial charge in [0.25, 0.3) is 0 Å². The molecule has 0 saturated heterocycles. The molecule has 0 aliphatic rings. The fourth-order valence-corrected chi connectivity index (χ4v) is 4.63. The highest BCUT2D eigenvalue weighted by molar-refractivity contribution is 7.80. The Labute approximate surface area is 235 Å². The molecular weight excluding hydrogens is 532 g/mol. The Morgan fingerprint density at radius 1 is 0.800 bits per heavy atom. The van der Waals surface area contributed by atoms with Gasteiger partial charge < -0.3 is 36.8 Å². The molecule has 11 nitrogen and oxygen atoms in total. The van der Waals surface area contributed by atoms with Crippen LogP contribution in [0.5, 0.6) is 0 Å². The number of para-hydroxylation sites is 2. The summed E-state index contributed by atoms with van der Waals surface area (Å²) in [5.41, 5.74) is 9.12. The molecule has 4 unspecified atom stereocenters. The summed E-state index contributed by atoms with van der Waals surface area (Å²) in [6.07, 6.45) is 3.71. The van der Waals surface area contributed by atoms with Crippen molar-refractivity contribution in [2.45, 2.75) is 43.9 Å². The van der Waals surface area contributed by atoms with Crippen LogP contribution in [0.25, 0.3) is 21.8 Å². The molecule has 4 rings (SSSR count). The smallest absolute Gasteiger partial charge is 0.325 e. The van der Waals surface area contributed by atoms with Crippen molar-refractivity contribution >= 4 is 58.1 Å². The largest absolute Gasteiger partial charge is 0.480 e. The predicted molar refractivity (Wildman–Crippen MR) is 155 cm³/mol. The number of thiol groups is 1. The van der Waals surface area contributed by atoms with E-state index in [-0.39, 0.29) is 18.6 Å². The Hall–Kier alpha value is -4.29. The molecule has 2 aromatic carbocycles. The minimum absolute atomic E-state index is 0.0753. The highest BCUT2D eigenvalue weighted by Gasteiger charge is 2.30. The molecule has 12 heteroatoms. The highest BCUT2D eigenvalue weighted by atomic mass is 32.1. The first kappa shape index (κ1) is 28.7. The lowest BCUT2D eigenvalue weighted by Gasteiger charge is -2.24. The third kappa shape index (κ3) is 6.64. The number of hydrogen-bond acceptors (Lipinski definition) is 6. The second-order valence-electron chi connectivity index (χ2n) is 9.61. The van der Waals surface area contributed by atoms with Crippen molar-refractivity contribution in [2.24, 2.45) is 5.73 Å². The van der Waals surface area contributed by atoms with Gasteiger partial charge in [0.15, 0.2) is 0 Å². The van der Waals surface area contributed by atoms with Crippen LogP contribution < -0.4 is 21.7 Å². The third-order valence-electron chi connectivity index (χ3n) is 6.73. The van der Waals surface area contributed by atoms with E-state index in [1.165, 1.54) is 6.92 Å². The molecule has 40 heavy (non-hydrogen) atoms. The number of benzene rings is 2. The van der Waals surface area contributed by atoms with E-state index in [9.17, 15) is 24.3 Å². The number of carboxylic acid groups (broad SMARTS) is 1. The number of amides is 3. The van der Waals surface area contributed by atoms with Gasteiger partial charge in [0.2, 0.25) is 17.7 Å². The van der Waals surface area contributed by atoms with Crippen LogP contribution in [0.3, 0.4) is 0 Å². The molecule has 2 aromatic heterocycles. The Morgan fingerprint density at radius 3 is 1.73 bits per heavy atom. The molecule has 0 radical (unpaired) electrons. The van der Waals surface area contributed by atoms with Crippen molar-refractivity contribution < 1.29 is 24.3 Å². The van der Waals surface area contributed by atoms with Crippen molar-refractivity contribution in [1.29, 1.82) is 0 Å². The zero-order chi connectivity index (χ0) is 28.8. The van der Waals surface area contributed by atoms with Gasteiger partial charge in [0.1, 0.15) is 18.1 Å². The molecule has 2 heterocycles. The molecule has 0 saturated carbocycles. The van der Waals surface area contributed by atoms with E-state index in [2.05, 4.69) is 38.5 Å². The SMILES string of the molecule is CC(NC(=O)C(Cc1c[nH]c2ccccc12)NC(=O)C(Cc1c[nH]c2ccccc12)NC(=O)C(N)CS)C(=O)O. The fourth-order valence-electron chi connectivity index (χ4n) is 4.47. The molecule has 8 N–H and O–H groups in total. The van der Waals surface area contributed by atoms with E-state index >= 15 is 0 Å². The maximum absolute atomic E-state index is 13.7. The number of H-pyrrole nitrogens is 2. The third-order valence-corrected chi connectivity index (χ3v) is 7.12. The van der Waals surface area contributed by atoms with Gasteiger partial charge in [-0.15, -0.1) is 0 Å². The first-order valence-electron chi connectivity index (χ1n) is 12.8. The second kappa shape index (κ2) is 12.7. The van der Waals surface area contributed by atoms with Crippen LogP contribution in [0.4, 0.5) is 0 Å². The predicted octanol–water partition coefficient (Wildman–Crippen LogP) is 1.25. The van der Waals surface area contributed by atoms with Crippen LogP contribution in [-0.2, 0) is 32.0 Å². The van der Waals surface area contributed by atoms with Crippen LogP contribution in [-0.4, -0.2) is 68.7 Å². The van der Waals surface area contributed by atoms with Crippen LogP contribution in [0.15, 0.2) is 60.9 Å². The lowest BCUT2D eigenvalue weighted by atomic mass is 10.0. The first-order chi connectivity index (χ1) is 19.2. The molecule has 3 amide bonds. The standard InChI is InChI=1S/C28H32N6O5S/c1-15(28(38)39)32-26(36)23(10-16-12-30-21-8-4-2-6-18(16)21)34-27(37)24(33-25(35)20(29)14-40)11-17-13-31-22-9-5-3-7-19(17)22/h2-9,12-13,15,20,23-24,30-31,40H,10-11,14,29H2,1H3,(H,32,36)(H,33,35)(H,34,37)(H,38,39). The second-order valence-corrected chi connectivity index (χ2v) is 9.97. The lowest BCUT2D eigenvalue weighted by Crippen LogP contribution is -2.58. The fraction of sp³-hybridized carbons (Fsp3) is 0.286. The van der Waals surface area contributed by atoms with Gasteiger partial charge in [-0.05, 0) is 30.2 Å². The molecule has 0 fully saturated rings. The maximum atomic E-state index is 13.7. The van der Waals surface area contributed by atoms with E-state index < -0.39 is 47.9 Å². The molecule has 0 spiro atoms. The molecule has 0 bridgehead atoms. The van der Waals surface area contributed by atoms with Crippen LogP contribution in [0.2, 0.25) is 0 Å². The number of rotatable bonds is 12. The Balaban J connectivity index is 1.62. The summed E-state index contributed by atoms with van der Waals surface area (Å²) in [6.45, 7) is 1.34. The summed E-state index contributed by atoms with van der Waals surface area (Å²) in [6, 6.07) is 10.7. The normalized spacial score (nSPS) is 14.3. The van der Waals surface area contributed by atoms with Crippen LogP contribution in [0.1, 0.15) is 18.1 Å². The summed E-state index contributed by atoms with van der Waals surface area (Å²) in [7, 11) is 0. The van der Waals surface area contributed by atoms with Crippen LogP contribution in [0, 0.1) is 0 Å². The number of carbonyl (C=O) groups excluding carboxylic acids is 3. The number of nitrogens with two attached hydrogens (primary N) is 1. The molecule has 210 valence electrons. The summed E-state index contributed by atoms with van der Waals surface area (Å²) < 4.78 is 0. The number of aliphatic carboxylic acids is 1. The quantitative estimate of drug-likeness (QED) is 0.120. The molecular formula is C28H32N6O5S. The summed E-state index contributed by atoms with van der Waals surface area (Å²) in [4.78, 5) is 57.3. The van der Waals surface area contributed by atoms with Gasteiger partial charge in [-0.3, -0.25) is 19.2 Å². The first-order valence-corrected chi connectivity index (χ1v) is 13.4. The van der Waals surface area contributed by atoms with Gasteiger partial charge in [-0.1, -0.05) is 36.4 Å². The number of hydrogen-bond donors (Lipinski definition) is 8. The number of aromatic nitrogens is 2. The van der Waals surface area contributed by atoms with Crippen molar-refractivity contribution in [3.63, 3.8) is 0 Å². The van der Waals surface area contributed by atoms with E-state index in [1.807, 2.05) is 48.5 Å². The monoisotopic (exact) mass is 564 g/mol. The number of carboxylic acids is 1. The minimum atomic E-state index is -1.21. The van der Waals surface area contributed by atoms with Crippen molar-refractivity contribution in [1.82, 2.24) is 25.9 Å². The van der Waals surface area contributed by atoms with Crippen molar-refractivity contribution in [2.75, 3.05) is 5.75 Å². The Morgan fingerprint density at radius 2 is 1.25 bits per heavy atom. The zero-order valence-corrected chi connectivity index (χ0v) is 22.7. The van der Waals surface area contributed by atoms with E-state index in [1.54, 1.807) is 12.4 Å². The van der Waals surface area contributed by atoms with Gasteiger partial charge in [-0.25, -0.2) is 0 Å². The molecule has 0 aliphatic carbocycles. The van der Waals surface area contributed by atoms with Gasteiger partial charge in [-0.2, -0.15) is 12.6 Å². The average molecular weight is 565 g/mol. The number of fused-ring (bicyclic) bond motifs is 2. The topological polar surface area (TPSA) is 182 Å². The van der Waals surface area contributed by atoms with Crippen molar-refractivity contribution in [3.8, 4) is 0 Å². The van der Waals surface area contributed by atoms with Crippen molar-refractivity contribution in [3.05, 3.63) is 72.1 Å². The molecule has 4 aromatic rings. The minimum Gasteiger partial charge on any atom is -0.480 e. The van der Waals surface area contributed by atoms with E-state index in [0.29, 0.717) is 0 Å². The molecule has 0 aliphatic heterocycles. The number of aromatic amines is 2. The zero-order valence-electron chi connectivity index (χ0n) is 21.8. The maximum Gasteiger partial charge on any atom is 0.325 e. The molecule has 4 atom stereocenters. The van der Waals surface area contributed by atoms with Gasteiger partial charge in [0, 0.05) is 52.8 Å². The number of nitrogens with one attached hydrogen (secondary N) is 5.